The topological polar surface area (TPSA) is 43.5 Å². The fourth-order valence-corrected chi connectivity index (χ4v) is 1.39. The van der Waals surface area contributed by atoms with E-state index < -0.39 is 0 Å². The molecule has 1 heterocycles. The van der Waals surface area contributed by atoms with Crippen LogP contribution in [0.3, 0.4) is 0 Å². The van der Waals surface area contributed by atoms with Crippen LogP contribution in [0.2, 0.25) is 10.2 Å². The Kier molecular flexibility index (Phi) is 5.20. The second kappa shape index (κ2) is 6.43. The van der Waals surface area contributed by atoms with Gasteiger partial charge < -0.3 is 9.53 Å². The molecule has 1 aromatic heterocycles. The highest BCUT2D eigenvalue weighted by atomic mass is 35.5. The van der Waals surface area contributed by atoms with Crippen molar-refractivity contribution in [2.24, 2.45) is 0 Å². The Bertz CT molecular complexity index is 469. The zero-order valence-corrected chi connectivity index (χ0v) is 10.7. The van der Waals surface area contributed by atoms with E-state index in [2.05, 4.69) is 9.83 Å². The predicted octanol–water partition coefficient (Wildman–Crippen LogP) is 3.69. The van der Waals surface area contributed by atoms with E-state index in [1.807, 2.05) is 0 Å². The molecule has 0 aromatic carbocycles. The van der Waals surface area contributed by atoms with Gasteiger partial charge in [0, 0.05) is 6.42 Å². The number of ether oxygens (including phenoxy) is 1. The van der Waals surface area contributed by atoms with E-state index in [0.717, 1.165) is 0 Å². The lowest BCUT2D eigenvalue weighted by atomic mass is 10.2. The van der Waals surface area contributed by atoms with Gasteiger partial charge in [0.1, 0.15) is 10.9 Å². The minimum absolute atomic E-state index is 0.0978. The quantitative estimate of drug-likeness (QED) is 0.467. The van der Waals surface area contributed by atoms with Crippen molar-refractivity contribution < 1.29 is 9.53 Å². The Morgan fingerprint density at radius 3 is 2.88 bits per heavy atom. The number of hydrogen-bond donors (Lipinski definition) is 0. The van der Waals surface area contributed by atoms with Gasteiger partial charge in [-0.25, -0.2) is 9.83 Å². The van der Waals surface area contributed by atoms with Crippen molar-refractivity contribution in [2.75, 3.05) is 6.61 Å². The first kappa shape index (κ1) is 13.8. The summed E-state index contributed by atoms with van der Waals surface area (Å²) in [7, 11) is 0. The third-order valence-electron chi connectivity index (χ3n) is 1.91. The first-order valence-electron chi connectivity index (χ1n) is 4.90. The molecule has 0 amide bonds. The van der Waals surface area contributed by atoms with Crippen molar-refractivity contribution in [1.29, 1.82) is 0 Å². The van der Waals surface area contributed by atoms with Crippen molar-refractivity contribution in [3.8, 4) is 5.88 Å². The zero-order chi connectivity index (χ0) is 12.8. The van der Waals surface area contributed by atoms with Crippen molar-refractivity contribution >= 4 is 34.7 Å². The summed E-state index contributed by atoms with van der Waals surface area (Å²) in [5.41, 5.74) is 0.210. The van der Waals surface area contributed by atoms with Crippen LogP contribution < -0.4 is 4.74 Å². The second-order valence-electron chi connectivity index (χ2n) is 3.35. The van der Waals surface area contributed by atoms with E-state index in [4.69, 9.17) is 34.5 Å². The van der Waals surface area contributed by atoms with Gasteiger partial charge in [0.2, 0.25) is 11.6 Å². The monoisotopic (exact) mass is 272 g/mol. The lowest BCUT2D eigenvalue weighted by molar-refractivity contribution is -0.117. The second-order valence-corrected chi connectivity index (χ2v) is 4.12. The Morgan fingerprint density at radius 1 is 1.59 bits per heavy atom. The van der Waals surface area contributed by atoms with E-state index >= 15 is 0 Å². The first-order chi connectivity index (χ1) is 8.04. The van der Waals surface area contributed by atoms with E-state index in [1.165, 1.54) is 13.0 Å². The average molecular weight is 273 g/mol. The number of pyridine rings is 1. The summed E-state index contributed by atoms with van der Waals surface area (Å²) in [5.74, 6) is 0.249. The van der Waals surface area contributed by atoms with Crippen molar-refractivity contribution in [2.45, 2.75) is 19.8 Å². The number of aromatic nitrogens is 1. The number of nitrogens with zero attached hydrogens (tertiary/aromatic N) is 2. The largest absolute Gasteiger partial charge is 0.486 e. The summed E-state index contributed by atoms with van der Waals surface area (Å²) < 4.78 is 5.29. The molecule has 0 atom stereocenters. The van der Waals surface area contributed by atoms with Crippen LogP contribution in [0.15, 0.2) is 6.07 Å². The molecule has 90 valence electrons. The summed E-state index contributed by atoms with van der Waals surface area (Å²) in [5, 5.41) is 0.314. The molecule has 4 nitrogen and oxygen atoms in total. The van der Waals surface area contributed by atoms with Gasteiger partial charge in [0.05, 0.1) is 18.2 Å². The van der Waals surface area contributed by atoms with Gasteiger partial charge in [-0.2, -0.15) is 0 Å². The molecule has 0 aliphatic heterocycles. The van der Waals surface area contributed by atoms with Crippen LogP contribution in [0.1, 0.15) is 19.8 Å². The maximum atomic E-state index is 10.7. The maximum Gasteiger partial charge on any atom is 0.248 e. The maximum absolute atomic E-state index is 10.7. The molecule has 17 heavy (non-hydrogen) atoms. The highest BCUT2D eigenvalue weighted by Crippen LogP contribution is 2.32. The SMILES string of the molecule is [C-]#[N+]c1cc(Cl)c(Cl)nc1OCCCC(C)=O. The Hall–Kier alpha value is -1.31. The van der Waals surface area contributed by atoms with Crippen molar-refractivity contribution in [1.82, 2.24) is 4.98 Å². The Labute approximate surface area is 109 Å². The van der Waals surface area contributed by atoms with Gasteiger partial charge in [0.25, 0.3) is 0 Å². The number of carbonyl (C=O) groups is 1. The van der Waals surface area contributed by atoms with E-state index in [9.17, 15) is 4.79 Å². The van der Waals surface area contributed by atoms with Gasteiger partial charge >= 0.3 is 0 Å². The number of rotatable bonds is 5. The number of hydrogen-bond acceptors (Lipinski definition) is 3. The van der Waals surface area contributed by atoms with Crippen LogP contribution in [0, 0.1) is 6.57 Å². The summed E-state index contributed by atoms with van der Waals surface area (Å²) in [6, 6.07) is 1.41. The molecule has 0 saturated carbocycles. The standard InChI is InChI=1S/C11H10Cl2N2O2/c1-7(16)4-3-5-17-11-9(14-2)6-8(12)10(13)15-11/h6H,3-5H2,1H3. The van der Waals surface area contributed by atoms with Crippen molar-refractivity contribution in [3.05, 3.63) is 27.7 Å². The lowest BCUT2D eigenvalue weighted by Crippen LogP contribution is -2.02. The summed E-state index contributed by atoms with van der Waals surface area (Å²) in [6.07, 6.45) is 1.02. The smallest absolute Gasteiger partial charge is 0.248 e. The third-order valence-corrected chi connectivity index (χ3v) is 2.58. The molecule has 0 radical (unpaired) electrons. The number of ketones is 1. The predicted molar refractivity (Wildman–Crippen MR) is 65.9 cm³/mol. The van der Waals surface area contributed by atoms with Crippen molar-refractivity contribution in [3.63, 3.8) is 0 Å². The molecule has 0 saturated heterocycles. The minimum Gasteiger partial charge on any atom is -0.486 e. The molecular weight excluding hydrogens is 263 g/mol. The molecule has 0 unspecified atom stereocenters. The molecule has 1 aromatic rings. The normalized spacial score (nSPS) is 9.76. The van der Waals surface area contributed by atoms with Gasteiger partial charge in [-0.15, -0.1) is 0 Å². The average Bonchev–Trinajstić information content (AvgIpc) is 2.28. The highest BCUT2D eigenvalue weighted by molar-refractivity contribution is 6.41. The van der Waals surface area contributed by atoms with Gasteiger partial charge in [0.15, 0.2) is 0 Å². The summed E-state index contributed by atoms with van der Waals surface area (Å²) in [4.78, 5) is 17.8. The van der Waals surface area contributed by atoms with Crippen LogP contribution in [0.5, 0.6) is 5.88 Å². The molecule has 0 fully saturated rings. The number of halogens is 2. The van der Waals surface area contributed by atoms with Crippen LogP contribution in [-0.4, -0.2) is 17.4 Å². The molecule has 0 N–H and O–H groups in total. The molecule has 0 bridgehead atoms. The summed E-state index contributed by atoms with van der Waals surface area (Å²) >= 11 is 11.5. The van der Waals surface area contributed by atoms with E-state index in [-0.39, 0.29) is 27.5 Å². The van der Waals surface area contributed by atoms with Crippen LogP contribution >= 0.6 is 23.2 Å². The lowest BCUT2D eigenvalue weighted by Gasteiger charge is -2.07. The highest BCUT2D eigenvalue weighted by Gasteiger charge is 2.10. The third kappa shape index (κ3) is 4.22. The van der Waals surface area contributed by atoms with Gasteiger partial charge in [-0.3, -0.25) is 0 Å². The molecule has 0 spiro atoms. The molecule has 0 aliphatic carbocycles. The summed E-state index contributed by atoms with van der Waals surface area (Å²) in [6.45, 7) is 8.78. The number of carbonyl (C=O) groups excluding carboxylic acids is 1. The van der Waals surface area contributed by atoms with Gasteiger partial charge in [-0.05, 0) is 19.4 Å². The van der Waals surface area contributed by atoms with Crippen LogP contribution in [0.4, 0.5) is 5.69 Å². The van der Waals surface area contributed by atoms with Crippen LogP contribution in [-0.2, 0) is 4.79 Å². The zero-order valence-electron chi connectivity index (χ0n) is 9.17. The van der Waals surface area contributed by atoms with Crippen LogP contribution in [0.25, 0.3) is 4.85 Å². The first-order valence-corrected chi connectivity index (χ1v) is 5.66. The number of Topliss-reactive ketones (excluding diaryl/α,β-unsaturated/α-hetero) is 1. The fourth-order valence-electron chi connectivity index (χ4n) is 1.12. The Balaban J connectivity index is 2.67. The van der Waals surface area contributed by atoms with E-state index in [1.54, 1.807) is 0 Å². The molecule has 0 aliphatic rings. The minimum atomic E-state index is 0.0978. The molecule has 1 rings (SSSR count). The fraction of sp³-hybridized carbons (Fsp3) is 0.364. The molecular formula is C11H10Cl2N2O2. The molecule has 6 heteroatoms. The van der Waals surface area contributed by atoms with Gasteiger partial charge in [-0.1, -0.05) is 23.2 Å². The Morgan fingerprint density at radius 2 is 2.29 bits per heavy atom. The van der Waals surface area contributed by atoms with E-state index in [0.29, 0.717) is 19.4 Å².